The number of piperazine rings is 1. The molecule has 0 saturated carbocycles. The number of carbonyl (C=O) groups is 2. The van der Waals surface area contributed by atoms with E-state index in [1.54, 1.807) is 11.8 Å². The number of aliphatic hydroxyl groups is 1. The second kappa shape index (κ2) is 6.00. The normalized spacial score (nSPS) is 15.3. The van der Waals surface area contributed by atoms with Crippen LogP contribution < -0.4 is 0 Å². The summed E-state index contributed by atoms with van der Waals surface area (Å²) in [5.41, 5.74) is 1.08. The average molecular weight is 280 g/mol. The second-order valence-corrected chi connectivity index (χ2v) is 4.79. The molecule has 0 bridgehead atoms. The number of halogens is 1. The third-order valence-corrected chi connectivity index (χ3v) is 3.47. The molecular weight excluding hydrogens is 263 g/mol. The SMILES string of the molecule is Cc1cc(F)ccc1C(=O)N1CCN(C(=O)CO)CC1. The molecule has 2 amide bonds. The fraction of sp³-hybridized carbons (Fsp3) is 0.429. The van der Waals surface area contributed by atoms with Crippen LogP contribution in [0.2, 0.25) is 0 Å². The van der Waals surface area contributed by atoms with Crippen LogP contribution in [0.15, 0.2) is 18.2 Å². The molecule has 1 aromatic carbocycles. The molecule has 1 aromatic rings. The number of benzene rings is 1. The molecule has 2 rings (SSSR count). The first-order valence-corrected chi connectivity index (χ1v) is 6.47. The van der Waals surface area contributed by atoms with E-state index >= 15 is 0 Å². The van der Waals surface area contributed by atoms with Crippen molar-refractivity contribution < 1.29 is 19.1 Å². The van der Waals surface area contributed by atoms with E-state index in [1.165, 1.54) is 23.1 Å². The number of hydrogen-bond donors (Lipinski definition) is 1. The quantitative estimate of drug-likeness (QED) is 0.853. The van der Waals surface area contributed by atoms with Gasteiger partial charge in [-0.3, -0.25) is 9.59 Å². The van der Waals surface area contributed by atoms with Crippen LogP contribution in [0.1, 0.15) is 15.9 Å². The maximum absolute atomic E-state index is 13.0. The van der Waals surface area contributed by atoms with Gasteiger partial charge in [0.25, 0.3) is 5.91 Å². The highest BCUT2D eigenvalue weighted by Crippen LogP contribution is 2.14. The number of aryl methyl sites for hydroxylation is 1. The summed E-state index contributed by atoms with van der Waals surface area (Å²) < 4.78 is 13.0. The monoisotopic (exact) mass is 280 g/mol. The van der Waals surface area contributed by atoms with Crippen molar-refractivity contribution in [1.29, 1.82) is 0 Å². The Labute approximate surface area is 116 Å². The molecule has 0 radical (unpaired) electrons. The molecule has 0 aliphatic carbocycles. The number of aliphatic hydroxyl groups excluding tert-OH is 1. The number of rotatable bonds is 2. The van der Waals surface area contributed by atoms with Crippen molar-refractivity contribution in [3.05, 3.63) is 35.1 Å². The lowest BCUT2D eigenvalue weighted by Crippen LogP contribution is -2.51. The fourth-order valence-corrected chi connectivity index (χ4v) is 2.30. The first kappa shape index (κ1) is 14.5. The highest BCUT2D eigenvalue weighted by atomic mass is 19.1. The average Bonchev–Trinajstić information content (AvgIpc) is 2.46. The lowest BCUT2D eigenvalue weighted by molar-refractivity contribution is -0.135. The summed E-state index contributed by atoms with van der Waals surface area (Å²) in [4.78, 5) is 26.8. The molecule has 5 nitrogen and oxygen atoms in total. The molecule has 0 atom stereocenters. The van der Waals surface area contributed by atoms with Crippen LogP contribution in [-0.2, 0) is 4.79 Å². The zero-order chi connectivity index (χ0) is 14.7. The molecule has 1 aliphatic heterocycles. The molecule has 0 aromatic heterocycles. The van der Waals surface area contributed by atoms with E-state index in [9.17, 15) is 14.0 Å². The van der Waals surface area contributed by atoms with Crippen LogP contribution >= 0.6 is 0 Å². The van der Waals surface area contributed by atoms with Crippen LogP contribution in [0.4, 0.5) is 4.39 Å². The number of amides is 2. The zero-order valence-corrected chi connectivity index (χ0v) is 11.3. The largest absolute Gasteiger partial charge is 0.387 e. The van der Waals surface area contributed by atoms with Gasteiger partial charge in [-0.1, -0.05) is 0 Å². The summed E-state index contributed by atoms with van der Waals surface area (Å²) in [6.07, 6.45) is 0. The molecule has 1 heterocycles. The van der Waals surface area contributed by atoms with Crippen LogP contribution in [0.3, 0.4) is 0 Å². The van der Waals surface area contributed by atoms with Crippen molar-refractivity contribution in [2.24, 2.45) is 0 Å². The maximum Gasteiger partial charge on any atom is 0.254 e. The van der Waals surface area contributed by atoms with Gasteiger partial charge in [-0.05, 0) is 30.7 Å². The van der Waals surface area contributed by atoms with Gasteiger partial charge in [-0.15, -0.1) is 0 Å². The molecule has 108 valence electrons. The van der Waals surface area contributed by atoms with Gasteiger partial charge < -0.3 is 14.9 Å². The van der Waals surface area contributed by atoms with Gasteiger partial charge in [-0.2, -0.15) is 0 Å². The molecule has 1 saturated heterocycles. The molecular formula is C14H17FN2O3. The molecule has 1 fully saturated rings. The number of nitrogens with zero attached hydrogens (tertiary/aromatic N) is 2. The molecule has 6 heteroatoms. The van der Waals surface area contributed by atoms with Crippen molar-refractivity contribution in [1.82, 2.24) is 9.80 Å². The number of hydrogen-bond acceptors (Lipinski definition) is 3. The molecule has 0 unspecified atom stereocenters. The maximum atomic E-state index is 13.0. The van der Waals surface area contributed by atoms with Crippen molar-refractivity contribution in [2.45, 2.75) is 6.92 Å². The Morgan fingerprint density at radius 3 is 2.35 bits per heavy atom. The third-order valence-electron chi connectivity index (χ3n) is 3.47. The Hall–Kier alpha value is -1.95. The summed E-state index contributed by atoms with van der Waals surface area (Å²) in [5, 5.41) is 8.80. The minimum absolute atomic E-state index is 0.154. The zero-order valence-electron chi connectivity index (χ0n) is 11.3. The minimum Gasteiger partial charge on any atom is -0.387 e. The molecule has 1 N–H and O–H groups in total. The van der Waals surface area contributed by atoms with Gasteiger partial charge in [0.05, 0.1) is 0 Å². The van der Waals surface area contributed by atoms with E-state index in [0.717, 1.165) is 0 Å². The van der Waals surface area contributed by atoms with E-state index < -0.39 is 6.61 Å². The predicted octanol–water partition coefficient (Wildman–Crippen LogP) is 0.411. The first-order valence-electron chi connectivity index (χ1n) is 6.47. The highest BCUT2D eigenvalue weighted by Gasteiger charge is 2.25. The van der Waals surface area contributed by atoms with E-state index in [0.29, 0.717) is 37.3 Å². The van der Waals surface area contributed by atoms with Gasteiger partial charge in [0.2, 0.25) is 5.91 Å². The Bertz CT molecular complexity index is 525. The first-order chi connectivity index (χ1) is 9.52. The van der Waals surface area contributed by atoms with Gasteiger partial charge in [0, 0.05) is 31.7 Å². The molecule has 0 spiro atoms. The van der Waals surface area contributed by atoms with Gasteiger partial charge >= 0.3 is 0 Å². The third kappa shape index (κ3) is 2.96. The van der Waals surface area contributed by atoms with E-state index in [1.807, 2.05) is 0 Å². The molecule has 1 aliphatic rings. The predicted molar refractivity (Wildman–Crippen MR) is 70.7 cm³/mol. The van der Waals surface area contributed by atoms with Crippen molar-refractivity contribution in [3.63, 3.8) is 0 Å². The molecule has 20 heavy (non-hydrogen) atoms. The minimum atomic E-state index is -0.509. The standard InChI is InChI=1S/C14H17FN2O3/c1-10-8-11(15)2-3-12(10)14(20)17-6-4-16(5-7-17)13(19)9-18/h2-3,8,18H,4-7,9H2,1H3. The summed E-state index contributed by atoms with van der Waals surface area (Å²) in [7, 11) is 0. The van der Waals surface area contributed by atoms with Crippen LogP contribution in [-0.4, -0.2) is 59.5 Å². The Kier molecular flexibility index (Phi) is 4.34. The summed E-state index contributed by atoms with van der Waals surface area (Å²) >= 11 is 0. The Morgan fingerprint density at radius 1 is 1.20 bits per heavy atom. The number of carbonyl (C=O) groups excluding carboxylic acids is 2. The Balaban J connectivity index is 2.03. The van der Waals surface area contributed by atoms with Crippen molar-refractivity contribution in [2.75, 3.05) is 32.8 Å². The summed E-state index contributed by atoms with van der Waals surface area (Å²) in [6.45, 7) is 2.84. The highest BCUT2D eigenvalue weighted by molar-refractivity contribution is 5.95. The fourth-order valence-electron chi connectivity index (χ4n) is 2.30. The lowest BCUT2D eigenvalue weighted by Gasteiger charge is -2.34. The summed E-state index contributed by atoms with van der Waals surface area (Å²) in [6, 6.07) is 4.09. The van der Waals surface area contributed by atoms with Gasteiger partial charge in [-0.25, -0.2) is 4.39 Å². The van der Waals surface area contributed by atoms with Crippen molar-refractivity contribution >= 4 is 11.8 Å². The van der Waals surface area contributed by atoms with E-state index in [-0.39, 0.29) is 17.6 Å². The summed E-state index contributed by atoms with van der Waals surface area (Å²) in [5.74, 6) is -0.842. The van der Waals surface area contributed by atoms with E-state index in [4.69, 9.17) is 5.11 Å². The van der Waals surface area contributed by atoms with Gasteiger partial charge in [0.15, 0.2) is 0 Å². The van der Waals surface area contributed by atoms with Crippen LogP contribution in [0.25, 0.3) is 0 Å². The van der Waals surface area contributed by atoms with E-state index in [2.05, 4.69) is 0 Å². The second-order valence-electron chi connectivity index (χ2n) is 4.79. The lowest BCUT2D eigenvalue weighted by atomic mass is 10.1. The van der Waals surface area contributed by atoms with Crippen LogP contribution in [0.5, 0.6) is 0 Å². The van der Waals surface area contributed by atoms with Crippen LogP contribution in [0, 0.1) is 12.7 Å². The van der Waals surface area contributed by atoms with Gasteiger partial charge in [0.1, 0.15) is 12.4 Å². The van der Waals surface area contributed by atoms with Crippen molar-refractivity contribution in [3.8, 4) is 0 Å². The smallest absolute Gasteiger partial charge is 0.254 e. The Morgan fingerprint density at radius 2 is 1.80 bits per heavy atom. The topological polar surface area (TPSA) is 60.9 Å².